The molecule has 0 fully saturated rings. The molecule has 2 aromatic carbocycles. The number of hydrogen-bond acceptors (Lipinski definition) is 3. The van der Waals surface area contributed by atoms with Crippen LogP contribution in [0.3, 0.4) is 0 Å². The number of hydrogen-bond donors (Lipinski definition) is 1. The summed E-state index contributed by atoms with van der Waals surface area (Å²) in [5, 5.41) is 9.28. The number of allylic oxidation sites excluding steroid dienone is 1. The van der Waals surface area contributed by atoms with Gasteiger partial charge in [-0.25, -0.2) is 4.79 Å². The Morgan fingerprint density at radius 1 is 1.09 bits per heavy atom. The van der Waals surface area contributed by atoms with E-state index in [0.717, 1.165) is 35.1 Å². The van der Waals surface area contributed by atoms with E-state index in [9.17, 15) is 9.90 Å². The average Bonchev–Trinajstić information content (AvgIpc) is 2.59. The second kappa shape index (κ2) is 6.16. The molecule has 0 atom stereocenters. The number of benzene rings is 2. The van der Waals surface area contributed by atoms with E-state index in [1.165, 1.54) is 0 Å². The second-order valence-electron chi connectivity index (χ2n) is 5.37. The lowest BCUT2D eigenvalue weighted by Gasteiger charge is -2.22. The van der Waals surface area contributed by atoms with Crippen LogP contribution in [-0.4, -0.2) is 25.3 Å². The van der Waals surface area contributed by atoms with Crippen molar-refractivity contribution < 1.29 is 19.4 Å². The Morgan fingerprint density at radius 3 is 2.39 bits per heavy atom. The fourth-order valence-electron chi connectivity index (χ4n) is 3.01. The number of carbonyl (C=O) groups is 1. The topological polar surface area (TPSA) is 55.8 Å². The molecule has 0 unspecified atom stereocenters. The molecule has 0 bridgehead atoms. The highest BCUT2D eigenvalue weighted by Crippen LogP contribution is 2.41. The van der Waals surface area contributed by atoms with Gasteiger partial charge in [0.1, 0.15) is 11.5 Å². The van der Waals surface area contributed by atoms with Crippen LogP contribution in [0.1, 0.15) is 33.5 Å². The maximum Gasteiger partial charge on any atom is 0.335 e. The third kappa shape index (κ3) is 2.68. The van der Waals surface area contributed by atoms with E-state index < -0.39 is 5.97 Å². The zero-order valence-electron chi connectivity index (χ0n) is 13.1. The van der Waals surface area contributed by atoms with Gasteiger partial charge in [-0.2, -0.15) is 0 Å². The molecular formula is C19H18O4. The third-order valence-corrected chi connectivity index (χ3v) is 4.11. The number of carboxylic acids is 1. The molecule has 0 heterocycles. The molecule has 3 rings (SSSR count). The van der Waals surface area contributed by atoms with Gasteiger partial charge < -0.3 is 14.6 Å². The van der Waals surface area contributed by atoms with E-state index in [4.69, 9.17) is 9.47 Å². The number of methoxy groups -OCH3 is 2. The van der Waals surface area contributed by atoms with Gasteiger partial charge in [-0.1, -0.05) is 18.2 Å². The average molecular weight is 310 g/mol. The molecule has 23 heavy (non-hydrogen) atoms. The van der Waals surface area contributed by atoms with Crippen LogP contribution < -0.4 is 9.47 Å². The van der Waals surface area contributed by atoms with Crippen molar-refractivity contribution in [2.24, 2.45) is 0 Å². The van der Waals surface area contributed by atoms with E-state index in [0.29, 0.717) is 11.5 Å². The SMILES string of the molecule is COc1cccc(OC)c1C1=CCCc2ccc(C(=O)O)cc21. The summed E-state index contributed by atoms with van der Waals surface area (Å²) in [5.41, 5.74) is 4.18. The van der Waals surface area contributed by atoms with E-state index in [-0.39, 0.29) is 5.56 Å². The Labute approximate surface area is 135 Å². The number of fused-ring (bicyclic) bond motifs is 1. The maximum atomic E-state index is 11.3. The van der Waals surface area contributed by atoms with E-state index in [1.807, 2.05) is 24.3 Å². The largest absolute Gasteiger partial charge is 0.496 e. The number of rotatable bonds is 4. The number of aryl methyl sites for hydroxylation is 1. The quantitative estimate of drug-likeness (QED) is 0.933. The Balaban J connectivity index is 2.22. The molecule has 0 aromatic heterocycles. The summed E-state index contributed by atoms with van der Waals surface area (Å²) in [4.78, 5) is 11.3. The minimum absolute atomic E-state index is 0.283. The van der Waals surface area contributed by atoms with Crippen molar-refractivity contribution in [3.8, 4) is 11.5 Å². The maximum absolute atomic E-state index is 11.3. The molecule has 4 nitrogen and oxygen atoms in total. The van der Waals surface area contributed by atoms with Gasteiger partial charge in [0.15, 0.2) is 0 Å². The van der Waals surface area contributed by atoms with Crippen molar-refractivity contribution in [2.45, 2.75) is 12.8 Å². The highest BCUT2D eigenvalue weighted by molar-refractivity contribution is 5.93. The molecular weight excluding hydrogens is 292 g/mol. The van der Waals surface area contributed by atoms with Gasteiger partial charge in [0.05, 0.1) is 25.3 Å². The molecule has 0 saturated carbocycles. The Morgan fingerprint density at radius 2 is 1.78 bits per heavy atom. The predicted octanol–water partition coefficient (Wildman–Crippen LogP) is 3.78. The van der Waals surface area contributed by atoms with Gasteiger partial charge in [-0.05, 0) is 53.8 Å². The van der Waals surface area contributed by atoms with Gasteiger partial charge in [0.2, 0.25) is 0 Å². The lowest BCUT2D eigenvalue weighted by molar-refractivity contribution is 0.0697. The number of aromatic carboxylic acids is 1. The van der Waals surface area contributed by atoms with Gasteiger partial charge in [-0.15, -0.1) is 0 Å². The highest BCUT2D eigenvalue weighted by atomic mass is 16.5. The van der Waals surface area contributed by atoms with Gasteiger partial charge in [0, 0.05) is 0 Å². The number of carboxylic acid groups (broad SMARTS) is 1. The zero-order valence-corrected chi connectivity index (χ0v) is 13.1. The summed E-state index contributed by atoms with van der Waals surface area (Å²) >= 11 is 0. The monoisotopic (exact) mass is 310 g/mol. The smallest absolute Gasteiger partial charge is 0.335 e. The fourth-order valence-corrected chi connectivity index (χ4v) is 3.01. The van der Waals surface area contributed by atoms with Crippen molar-refractivity contribution >= 4 is 11.5 Å². The van der Waals surface area contributed by atoms with Crippen LogP contribution in [0, 0.1) is 0 Å². The first kappa shape index (κ1) is 15.2. The van der Waals surface area contributed by atoms with Crippen LogP contribution in [0.15, 0.2) is 42.5 Å². The minimum atomic E-state index is -0.926. The molecule has 0 aliphatic heterocycles. The van der Waals surface area contributed by atoms with Crippen molar-refractivity contribution in [3.63, 3.8) is 0 Å². The molecule has 2 aromatic rings. The fraction of sp³-hybridized carbons (Fsp3) is 0.211. The molecule has 0 saturated heterocycles. The normalized spacial score (nSPS) is 13.0. The van der Waals surface area contributed by atoms with E-state index in [1.54, 1.807) is 26.4 Å². The third-order valence-electron chi connectivity index (χ3n) is 4.11. The van der Waals surface area contributed by atoms with Gasteiger partial charge >= 0.3 is 5.97 Å². The molecule has 1 N–H and O–H groups in total. The van der Waals surface area contributed by atoms with Crippen LogP contribution in [0.25, 0.3) is 5.57 Å². The van der Waals surface area contributed by atoms with Crippen LogP contribution in [0.4, 0.5) is 0 Å². The highest BCUT2D eigenvalue weighted by Gasteiger charge is 2.22. The Kier molecular flexibility index (Phi) is 4.06. The van der Waals surface area contributed by atoms with Crippen LogP contribution in [0.2, 0.25) is 0 Å². The standard InChI is InChI=1S/C19H18O4/c1-22-16-7-4-8-17(23-2)18(16)14-6-3-5-12-9-10-13(19(20)21)11-15(12)14/h4,6-11H,3,5H2,1-2H3,(H,20,21). The molecule has 0 spiro atoms. The molecule has 0 radical (unpaired) electrons. The second-order valence-corrected chi connectivity index (χ2v) is 5.37. The van der Waals surface area contributed by atoms with E-state index in [2.05, 4.69) is 6.08 Å². The van der Waals surface area contributed by atoms with Crippen molar-refractivity contribution in [2.75, 3.05) is 14.2 Å². The first-order chi connectivity index (χ1) is 11.2. The number of ether oxygens (including phenoxy) is 2. The summed E-state index contributed by atoms with van der Waals surface area (Å²) in [7, 11) is 3.24. The minimum Gasteiger partial charge on any atom is -0.496 e. The molecule has 118 valence electrons. The summed E-state index contributed by atoms with van der Waals surface area (Å²) in [6.45, 7) is 0. The van der Waals surface area contributed by atoms with Crippen molar-refractivity contribution in [1.82, 2.24) is 0 Å². The summed E-state index contributed by atoms with van der Waals surface area (Å²) in [6.07, 6.45) is 3.92. The molecule has 1 aliphatic carbocycles. The summed E-state index contributed by atoms with van der Waals surface area (Å²) < 4.78 is 11.0. The first-order valence-corrected chi connectivity index (χ1v) is 7.44. The van der Waals surface area contributed by atoms with Crippen LogP contribution in [-0.2, 0) is 6.42 Å². The summed E-state index contributed by atoms with van der Waals surface area (Å²) in [5.74, 6) is 0.498. The summed E-state index contributed by atoms with van der Waals surface area (Å²) in [6, 6.07) is 10.9. The molecule has 1 aliphatic rings. The van der Waals surface area contributed by atoms with Crippen LogP contribution in [0.5, 0.6) is 11.5 Å². The van der Waals surface area contributed by atoms with Crippen molar-refractivity contribution in [3.05, 3.63) is 64.7 Å². The Hall–Kier alpha value is -2.75. The molecule has 0 amide bonds. The lowest BCUT2D eigenvalue weighted by Crippen LogP contribution is -2.06. The van der Waals surface area contributed by atoms with Gasteiger partial charge in [-0.3, -0.25) is 0 Å². The van der Waals surface area contributed by atoms with Crippen molar-refractivity contribution in [1.29, 1.82) is 0 Å². The zero-order chi connectivity index (χ0) is 16.4. The lowest BCUT2D eigenvalue weighted by atomic mass is 9.85. The first-order valence-electron chi connectivity index (χ1n) is 7.44. The van der Waals surface area contributed by atoms with Gasteiger partial charge in [0.25, 0.3) is 0 Å². The molecule has 4 heteroatoms. The Bertz CT molecular complexity index is 768. The van der Waals surface area contributed by atoms with Crippen LogP contribution >= 0.6 is 0 Å². The van der Waals surface area contributed by atoms with E-state index >= 15 is 0 Å². The predicted molar refractivity (Wildman–Crippen MR) is 88.3 cm³/mol.